The highest BCUT2D eigenvalue weighted by molar-refractivity contribution is 7.89. The smallest absolute Gasteiger partial charge is 0.271 e. The predicted octanol–water partition coefficient (Wildman–Crippen LogP) is 2.31. The Hall–Kier alpha value is -2.65. The number of aryl methyl sites for hydroxylation is 1. The Morgan fingerprint density at radius 2 is 1.84 bits per heavy atom. The molecule has 1 aromatic carbocycles. The van der Waals surface area contributed by atoms with Crippen molar-refractivity contribution in [1.29, 1.82) is 0 Å². The topological polar surface area (TPSA) is 101 Å². The fraction of sp³-hybridized carbons (Fsp3) is 0.455. The van der Waals surface area contributed by atoms with Crippen molar-refractivity contribution in [3.05, 3.63) is 53.3 Å². The molecule has 1 aromatic heterocycles. The minimum Gasteiger partial charge on any atom is -0.318 e. The molecule has 1 saturated heterocycles. The summed E-state index contributed by atoms with van der Waals surface area (Å²) in [6.45, 7) is 6.17. The molecule has 3 rings (SSSR count). The second-order valence-electron chi connectivity index (χ2n) is 7.91. The number of carbonyl (C=O) groups excluding carboxylic acids is 2. The van der Waals surface area contributed by atoms with Crippen molar-refractivity contribution >= 4 is 21.8 Å². The molecule has 0 radical (unpaired) electrons. The van der Waals surface area contributed by atoms with Crippen molar-refractivity contribution in [2.75, 3.05) is 18.8 Å². The molecule has 0 aliphatic carbocycles. The Balaban J connectivity index is 1.64. The molecular formula is C22H30N4O4S. The highest BCUT2D eigenvalue weighted by Gasteiger charge is 2.32. The van der Waals surface area contributed by atoms with E-state index >= 15 is 0 Å². The van der Waals surface area contributed by atoms with Crippen molar-refractivity contribution in [3.8, 4) is 5.69 Å². The van der Waals surface area contributed by atoms with E-state index in [1.165, 1.54) is 4.31 Å². The highest BCUT2D eigenvalue weighted by atomic mass is 32.2. The molecule has 168 valence electrons. The zero-order valence-corrected chi connectivity index (χ0v) is 19.0. The first-order chi connectivity index (χ1) is 14.7. The van der Waals surface area contributed by atoms with E-state index in [-0.39, 0.29) is 18.2 Å². The molecule has 0 saturated carbocycles. The van der Waals surface area contributed by atoms with Gasteiger partial charge >= 0.3 is 0 Å². The van der Waals surface area contributed by atoms with Gasteiger partial charge in [0.25, 0.3) is 5.91 Å². The van der Waals surface area contributed by atoms with Gasteiger partial charge < -0.3 is 4.57 Å². The number of sulfonamides is 1. The summed E-state index contributed by atoms with van der Waals surface area (Å²) < 4.78 is 28.0. The maximum absolute atomic E-state index is 12.7. The van der Waals surface area contributed by atoms with Gasteiger partial charge in [0.2, 0.25) is 15.9 Å². The molecule has 1 aliphatic heterocycles. The monoisotopic (exact) mass is 446 g/mol. The van der Waals surface area contributed by atoms with Gasteiger partial charge in [-0.25, -0.2) is 12.7 Å². The van der Waals surface area contributed by atoms with Crippen LogP contribution in [-0.2, 0) is 14.8 Å². The lowest BCUT2D eigenvalue weighted by Gasteiger charge is -2.31. The summed E-state index contributed by atoms with van der Waals surface area (Å²) in [4.78, 5) is 25.3. The first kappa shape index (κ1) is 23.0. The van der Waals surface area contributed by atoms with Gasteiger partial charge in [-0.3, -0.25) is 20.4 Å². The van der Waals surface area contributed by atoms with Gasteiger partial charge in [-0.1, -0.05) is 25.1 Å². The molecule has 1 unspecified atom stereocenters. The lowest BCUT2D eigenvalue weighted by Crippen LogP contribution is -2.50. The highest BCUT2D eigenvalue weighted by Crippen LogP contribution is 2.21. The average Bonchev–Trinajstić information content (AvgIpc) is 3.06. The van der Waals surface area contributed by atoms with Crippen LogP contribution in [0, 0.1) is 19.8 Å². The van der Waals surface area contributed by atoms with Crippen molar-refractivity contribution in [2.45, 2.75) is 40.0 Å². The minimum atomic E-state index is -3.34. The Bertz CT molecular complexity index is 1050. The summed E-state index contributed by atoms with van der Waals surface area (Å²) in [5.41, 5.74) is 8.07. The molecule has 1 atom stereocenters. The number of para-hydroxylation sites is 1. The molecule has 2 amide bonds. The second kappa shape index (κ2) is 9.65. The molecule has 1 fully saturated rings. The van der Waals surface area contributed by atoms with Gasteiger partial charge in [-0.2, -0.15) is 0 Å². The number of hydrazine groups is 1. The summed E-state index contributed by atoms with van der Waals surface area (Å²) >= 11 is 0. The van der Waals surface area contributed by atoms with Crippen molar-refractivity contribution in [2.24, 2.45) is 5.92 Å². The third-order valence-corrected chi connectivity index (χ3v) is 7.64. The van der Waals surface area contributed by atoms with Crippen molar-refractivity contribution < 1.29 is 18.0 Å². The molecule has 8 nitrogen and oxygen atoms in total. The zero-order chi connectivity index (χ0) is 22.6. The molecule has 9 heteroatoms. The lowest BCUT2D eigenvalue weighted by atomic mass is 9.99. The molecule has 1 aliphatic rings. The van der Waals surface area contributed by atoms with E-state index in [1.54, 1.807) is 6.07 Å². The summed E-state index contributed by atoms with van der Waals surface area (Å²) in [5, 5.41) is 0. The fourth-order valence-corrected chi connectivity index (χ4v) is 5.64. The number of nitrogens with zero attached hydrogens (tertiary/aromatic N) is 2. The Kier molecular flexibility index (Phi) is 7.17. The molecule has 31 heavy (non-hydrogen) atoms. The van der Waals surface area contributed by atoms with Crippen LogP contribution < -0.4 is 10.9 Å². The van der Waals surface area contributed by atoms with Crippen LogP contribution in [0.2, 0.25) is 0 Å². The van der Waals surface area contributed by atoms with Gasteiger partial charge in [0.15, 0.2) is 0 Å². The second-order valence-corrected chi connectivity index (χ2v) is 10.0. The largest absolute Gasteiger partial charge is 0.318 e. The quantitative estimate of drug-likeness (QED) is 0.665. The number of hydrogen-bond donors (Lipinski definition) is 2. The molecule has 2 N–H and O–H groups in total. The van der Waals surface area contributed by atoms with E-state index in [2.05, 4.69) is 10.9 Å². The number of aromatic nitrogens is 1. The SMILES string of the molecule is CCCS(=O)(=O)N1CCCC(C(=O)NNC(=O)c2cc(C)n(-c3ccccc3)c2C)C1. The van der Waals surface area contributed by atoms with Gasteiger partial charge in [0.05, 0.1) is 17.2 Å². The zero-order valence-electron chi connectivity index (χ0n) is 18.2. The average molecular weight is 447 g/mol. The van der Waals surface area contributed by atoms with Crippen LogP contribution in [0.4, 0.5) is 0 Å². The third-order valence-electron chi connectivity index (χ3n) is 5.60. The predicted molar refractivity (Wildman–Crippen MR) is 119 cm³/mol. The van der Waals surface area contributed by atoms with Gasteiger partial charge in [0, 0.05) is 30.2 Å². The first-order valence-electron chi connectivity index (χ1n) is 10.6. The molecule has 2 aromatic rings. The number of amides is 2. The van der Waals surface area contributed by atoms with E-state index in [1.807, 2.05) is 55.7 Å². The van der Waals surface area contributed by atoms with Crippen LogP contribution in [0.5, 0.6) is 0 Å². The summed E-state index contributed by atoms with van der Waals surface area (Å²) in [7, 11) is -3.34. The number of piperidine rings is 1. The van der Waals surface area contributed by atoms with Crippen LogP contribution in [0.15, 0.2) is 36.4 Å². The summed E-state index contributed by atoms with van der Waals surface area (Å²) in [6.07, 6.45) is 1.74. The maximum Gasteiger partial charge on any atom is 0.271 e. The van der Waals surface area contributed by atoms with E-state index in [9.17, 15) is 18.0 Å². The first-order valence-corrected chi connectivity index (χ1v) is 12.2. The maximum atomic E-state index is 12.7. The van der Waals surface area contributed by atoms with Crippen LogP contribution >= 0.6 is 0 Å². The number of benzene rings is 1. The normalized spacial score (nSPS) is 17.3. The van der Waals surface area contributed by atoms with E-state index < -0.39 is 21.8 Å². The molecular weight excluding hydrogens is 416 g/mol. The Morgan fingerprint density at radius 1 is 1.13 bits per heavy atom. The Labute approximate surface area is 183 Å². The number of carbonyl (C=O) groups is 2. The molecule has 2 heterocycles. The standard InChI is InChI=1S/C22H30N4O4S/c1-4-13-31(29,30)25-12-8-9-18(15-25)21(27)23-24-22(28)20-14-16(2)26(17(20)3)19-10-6-5-7-11-19/h5-7,10-11,14,18H,4,8-9,12-13,15H2,1-3H3,(H,23,27)(H,24,28). The van der Waals surface area contributed by atoms with Gasteiger partial charge in [-0.05, 0) is 51.3 Å². The van der Waals surface area contributed by atoms with Gasteiger partial charge in [0.1, 0.15) is 0 Å². The van der Waals surface area contributed by atoms with Crippen LogP contribution in [-0.4, -0.2) is 47.9 Å². The Morgan fingerprint density at radius 3 is 2.52 bits per heavy atom. The fourth-order valence-electron chi connectivity index (χ4n) is 4.05. The molecule has 0 bridgehead atoms. The lowest BCUT2D eigenvalue weighted by molar-refractivity contribution is -0.126. The molecule has 0 spiro atoms. The van der Waals surface area contributed by atoms with Crippen molar-refractivity contribution in [1.82, 2.24) is 19.7 Å². The summed E-state index contributed by atoms with van der Waals surface area (Å²) in [5.74, 6) is -1.19. The van der Waals surface area contributed by atoms with E-state index in [0.717, 1.165) is 17.1 Å². The van der Waals surface area contributed by atoms with Crippen LogP contribution in [0.1, 0.15) is 47.9 Å². The van der Waals surface area contributed by atoms with E-state index in [4.69, 9.17) is 0 Å². The number of nitrogens with one attached hydrogen (secondary N) is 2. The van der Waals surface area contributed by atoms with Gasteiger partial charge in [-0.15, -0.1) is 0 Å². The van der Waals surface area contributed by atoms with Crippen molar-refractivity contribution in [3.63, 3.8) is 0 Å². The summed E-state index contributed by atoms with van der Waals surface area (Å²) in [6, 6.07) is 11.5. The number of hydrogen-bond acceptors (Lipinski definition) is 4. The number of rotatable bonds is 6. The van der Waals surface area contributed by atoms with Crippen LogP contribution in [0.25, 0.3) is 5.69 Å². The van der Waals surface area contributed by atoms with E-state index in [0.29, 0.717) is 31.4 Å². The third kappa shape index (κ3) is 5.16. The minimum absolute atomic E-state index is 0.0785. The van der Waals surface area contributed by atoms with Crippen LogP contribution in [0.3, 0.4) is 0 Å².